The molecule has 1 fully saturated rings. The highest BCUT2D eigenvalue weighted by Gasteiger charge is 2.27. The van der Waals surface area contributed by atoms with Crippen molar-refractivity contribution in [1.29, 1.82) is 0 Å². The number of carboxylic acids is 1. The first kappa shape index (κ1) is 11.1. The maximum absolute atomic E-state index is 10.5. The number of aliphatic hydroxyl groups is 1. The Morgan fingerprint density at radius 1 is 1.38 bits per heavy atom. The molecule has 1 aliphatic carbocycles. The molecule has 16 heavy (non-hydrogen) atoms. The summed E-state index contributed by atoms with van der Waals surface area (Å²) in [5.74, 6) is -0.279. The summed E-state index contributed by atoms with van der Waals surface area (Å²) in [6.45, 7) is 0. The summed E-state index contributed by atoms with van der Waals surface area (Å²) in [7, 11) is 0. The molecular formula is C13H16O3. The third-order valence-corrected chi connectivity index (χ3v) is 3.00. The second-order valence-corrected chi connectivity index (χ2v) is 4.35. The molecular weight excluding hydrogens is 204 g/mol. The zero-order valence-corrected chi connectivity index (χ0v) is 9.10. The Kier molecular flexibility index (Phi) is 3.25. The van der Waals surface area contributed by atoms with Crippen LogP contribution in [0.3, 0.4) is 0 Å². The molecule has 0 aliphatic heterocycles. The molecule has 0 saturated heterocycles. The van der Waals surface area contributed by atoms with Gasteiger partial charge in [-0.15, -0.1) is 0 Å². The zero-order valence-electron chi connectivity index (χ0n) is 9.10. The number of benzene rings is 1. The third kappa shape index (κ3) is 2.61. The van der Waals surface area contributed by atoms with Gasteiger partial charge < -0.3 is 10.2 Å². The summed E-state index contributed by atoms with van der Waals surface area (Å²) in [5.41, 5.74) is 2.10. The van der Waals surface area contributed by atoms with Crippen molar-refractivity contribution in [3.8, 4) is 0 Å². The van der Waals surface area contributed by atoms with Crippen LogP contribution < -0.4 is 0 Å². The van der Waals surface area contributed by atoms with Crippen molar-refractivity contribution in [3.05, 3.63) is 35.4 Å². The first-order chi connectivity index (χ1) is 7.68. The first-order valence-corrected chi connectivity index (χ1v) is 5.67. The molecule has 0 spiro atoms. The summed E-state index contributed by atoms with van der Waals surface area (Å²) in [4.78, 5) is 10.5. The predicted octanol–water partition coefficient (Wildman–Crippen LogP) is 2.46. The van der Waals surface area contributed by atoms with Gasteiger partial charge in [0.2, 0.25) is 0 Å². The molecule has 1 aliphatic rings. The van der Waals surface area contributed by atoms with E-state index in [9.17, 15) is 9.90 Å². The van der Waals surface area contributed by atoms with Crippen LogP contribution in [-0.2, 0) is 4.79 Å². The van der Waals surface area contributed by atoms with Gasteiger partial charge in [0.25, 0.3) is 0 Å². The molecule has 3 nitrogen and oxygen atoms in total. The molecule has 2 N–H and O–H groups in total. The molecule has 0 heterocycles. The van der Waals surface area contributed by atoms with E-state index < -0.39 is 12.1 Å². The second kappa shape index (κ2) is 4.66. The molecule has 0 radical (unpaired) electrons. The molecule has 0 bridgehead atoms. The van der Waals surface area contributed by atoms with Gasteiger partial charge in [-0.25, -0.2) is 0 Å². The van der Waals surface area contributed by atoms with Gasteiger partial charge in [0.1, 0.15) is 0 Å². The van der Waals surface area contributed by atoms with Crippen molar-refractivity contribution in [3.63, 3.8) is 0 Å². The second-order valence-electron chi connectivity index (χ2n) is 4.35. The highest BCUT2D eigenvalue weighted by Crippen LogP contribution is 2.43. The maximum Gasteiger partial charge on any atom is 0.303 e. The molecule has 1 atom stereocenters. The van der Waals surface area contributed by atoms with Gasteiger partial charge in [-0.05, 0) is 36.3 Å². The topological polar surface area (TPSA) is 57.5 Å². The monoisotopic (exact) mass is 220 g/mol. The first-order valence-electron chi connectivity index (χ1n) is 5.67. The van der Waals surface area contributed by atoms with Crippen LogP contribution in [0, 0.1) is 0 Å². The SMILES string of the molecule is O=C(O)CCC(O)c1ccccc1C1CC1. The number of carbonyl (C=O) groups is 1. The third-order valence-electron chi connectivity index (χ3n) is 3.00. The summed E-state index contributed by atoms with van der Waals surface area (Å²) in [6, 6.07) is 7.81. The fourth-order valence-corrected chi connectivity index (χ4v) is 2.00. The maximum atomic E-state index is 10.5. The van der Waals surface area contributed by atoms with Crippen LogP contribution in [0.2, 0.25) is 0 Å². The normalized spacial score (nSPS) is 17.1. The van der Waals surface area contributed by atoms with Gasteiger partial charge in [0, 0.05) is 6.42 Å². The van der Waals surface area contributed by atoms with Crippen molar-refractivity contribution in [2.45, 2.75) is 37.7 Å². The molecule has 86 valence electrons. The Bertz CT molecular complexity index is 383. The van der Waals surface area contributed by atoms with Crippen LogP contribution in [0.15, 0.2) is 24.3 Å². The van der Waals surface area contributed by atoms with Crippen molar-refractivity contribution in [2.24, 2.45) is 0 Å². The van der Waals surface area contributed by atoms with Crippen molar-refractivity contribution >= 4 is 5.97 Å². The number of hydrogen-bond acceptors (Lipinski definition) is 2. The Morgan fingerprint density at radius 2 is 2.06 bits per heavy atom. The molecule has 1 saturated carbocycles. The quantitative estimate of drug-likeness (QED) is 0.801. The molecule has 1 unspecified atom stereocenters. The number of aliphatic carboxylic acids is 1. The summed E-state index contributed by atoms with van der Waals surface area (Å²) in [5, 5.41) is 18.6. The van der Waals surface area contributed by atoms with Gasteiger partial charge in [0.05, 0.1) is 6.10 Å². The minimum atomic E-state index is -0.858. The number of hydrogen-bond donors (Lipinski definition) is 2. The van der Waals surface area contributed by atoms with E-state index >= 15 is 0 Å². The molecule has 1 aromatic rings. The van der Waals surface area contributed by atoms with Gasteiger partial charge in [-0.1, -0.05) is 24.3 Å². The van der Waals surface area contributed by atoms with Crippen molar-refractivity contribution in [2.75, 3.05) is 0 Å². The molecule has 1 aromatic carbocycles. The number of carboxylic acid groups (broad SMARTS) is 1. The van der Waals surface area contributed by atoms with Crippen LogP contribution in [0.25, 0.3) is 0 Å². The van der Waals surface area contributed by atoms with Crippen LogP contribution in [0.5, 0.6) is 0 Å². The van der Waals surface area contributed by atoms with Crippen molar-refractivity contribution in [1.82, 2.24) is 0 Å². The summed E-state index contributed by atoms with van der Waals surface area (Å²) in [6.07, 6.45) is 2.03. The average Bonchev–Trinajstić information content (AvgIpc) is 3.09. The van der Waals surface area contributed by atoms with E-state index in [1.54, 1.807) is 0 Å². The lowest BCUT2D eigenvalue weighted by atomic mass is 9.96. The number of rotatable bonds is 5. The lowest BCUT2D eigenvalue weighted by Crippen LogP contribution is -2.04. The molecule has 0 aromatic heterocycles. The van der Waals surface area contributed by atoms with Crippen LogP contribution in [-0.4, -0.2) is 16.2 Å². The Hall–Kier alpha value is -1.35. The van der Waals surface area contributed by atoms with Gasteiger partial charge in [0.15, 0.2) is 0 Å². The van der Waals surface area contributed by atoms with Crippen LogP contribution >= 0.6 is 0 Å². The van der Waals surface area contributed by atoms with Gasteiger partial charge in [-0.2, -0.15) is 0 Å². The lowest BCUT2D eigenvalue weighted by molar-refractivity contribution is -0.137. The smallest absolute Gasteiger partial charge is 0.303 e. The van der Waals surface area contributed by atoms with Gasteiger partial charge >= 0.3 is 5.97 Å². The fourth-order valence-electron chi connectivity index (χ4n) is 2.00. The fraction of sp³-hybridized carbons (Fsp3) is 0.462. The van der Waals surface area contributed by atoms with E-state index in [-0.39, 0.29) is 6.42 Å². The van der Waals surface area contributed by atoms with E-state index in [0.717, 1.165) is 5.56 Å². The Balaban J connectivity index is 2.09. The minimum Gasteiger partial charge on any atom is -0.481 e. The largest absolute Gasteiger partial charge is 0.481 e. The van der Waals surface area contributed by atoms with E-state index in [2.05, 4.69) is 0 Å². The number of aliphatic hydroxyl groups excluding tert-OH is 1. The average molecular weight is 220 g/mol. The Labute approximate surface area is 94.7 Å². The highest BCUT2D eigenvalue weighted by atomic mass is 16.4. The summed E-state index contributed by atoms with van der Waals surface area (Å²) < 4.78 is 0. The predicted molar refractivity (Wildman–Crippen MR) is 60.2 cm³/mol. The van der Waals surface area contributed by atoms with E-state index in [0.29, 0.717) is 12.3 Å². The van der Waals surface area contributed by atoms with E-state index in [1.807, 2.05) is 24.3 Å². The minimum absolute atomic E-state index is 0.0141. The van der Waals surface area contributed by atoms with Crippen LogP contribution in [0.4, 0.5) is 0 Å². The summed E-state index contributed by atoms with van der Waals surface area (Å²) >= 11 is 0. The standard InChI is InChI=1S/C13H16O3/c14-12(7-8-13(15)16)11-4-2-1-3-10(11)9-5-6-9/h1-4,9,12,14H,5-8H2,(H,15,16). The molecule has 0 amide bonds. The van der Waals surface area contributed by atoms with E-state index in [1.165, 1.54) is 18.4 Å². The highest BCUT2D eigenvalue weighted by molar-refractivity contribution is 5.66. The Morgan fingerprint density at radius 3 is 2.69 bits per heavy atom. The lowest BCUT2D eigenvalue weighted by Gasteiger charge is -2.14. The van der Waals surface area contributed by atoms with E-state index in [4.69, 9.17) is 5.11 Å². The molecule has 3 heteroatoms. The van der Waals surface area contributed by atoms with Crippen LogP contribution in [0.1, 0.15) is 48.8 Å². The van der Waals surface area contributed by atoms with Crippen molar-refractivity contribution < 1.29 is 15.0 Å². The molecule has 2 rings (SSSR count). The zero-order chi connectivity index (χ0) is 11.5. The van der Waals surface area contributed by atoms with Gasteiger partial charge in [-0.3, -0.25) is 4.79 Å².